The van der Waals surface area contributed by atoms with Crippen molar-refractivity contribution in [3.05, 3.63) is 72.1 Å². The Labute approximate surface area is 203 Å². The Balaban J connectivity index is 1.67. The summed E-state index contributed by atoms with van der Waals surface area (Å²) in [4.78, 5) is 9.68. The van der Waals surface area contributed by atoms with E-state index >= 15 is 0 Å². The third-order valence-electron chi connectivity index (χ3n) is 4.91. The zero-order valence-corrected chi connectivity index (χ0v) is 20.1. The Hall–Kier alpha value is -4.12. The number of aromatic nitrogens is 4. The van der Waals surface area contributed by atoms with Crippen LogP contribution in [0.3, 0.4) is 0 Å². The lowest BCUT2D eigenvalue weighted by atomic mass is 10.2. The number of nitrogens with one attached hydrogen (secondary N) is 2. The number of fused-ring (bicyclic) bond motifs is 1. The summed E-state index contributed by atoms with van der Waals surface area (Å²) in [5.41, 5.74) is 7.74. The number of ether oxygens (including phenoxy) is 1. The molecule has 0 fully saturated rings. The Kier molecular flexibility index (Phi) is 6.87. The highest BCUT2D eigenvalue weighted by Crippen LogP contribution is 2.30. The van der Waals surface area contributed by atoms with Crippen molar-refractivity contribution in [2.24, 2.45) is 5.73 Å². The Morgan fingerprint density at radius 2 is 2.03 bits per heavy atom. The zero-order chi connectivity index (χ0) is 25.1. The number of nitrogens with two attached hydrogens (primary N) is 1. The summed E-state index contributed by atoms with van der Waals surface area (Å²) in [7, 11) is -1.51. The molecule has 4 aromatic rings. The van der Waals surface area contributed by atoms with E-state index in [-0.39, 0.29) is 17.7 Å². The minimum atomic E-state index is -1.51. The first-order valence-corrected chi connectivity index (χ1v) is 11.9. The van der Waals surface area contributed by atoms with Crippen molar-refractivity contribution in [3.8, 4) is 5.75 Å². The Bertz CT molecular complexity index is 1470. The van der Waals surface area contributed by atoms with Crippen LogP contribution in [0.4, 0.5) is 16.0 Å². The molecule has 4 rings (SSSR count). The summed E-state index contributed by atoms with van der Waals surface area (Å²) in [6.45, 7) is 5.60. The molecular weight excluding hydrogens is 469 g/mol. The van der Waals surface area contributed by atoms with Crippen molar-refractivity contribution in [2.75, 3.05) is 5.32 Å². The molecule has 0 saturated heterocycles. The molecule has 0 aliphatic carbocycles. The molecule has 2 aromatic heterocycles. The SMILES string of the molecule is Cc1cccc(S(=O)c2ccc(Nc3nc4c(OC(C)C)c(C(C=N)=CN)ncn4n3)c(F)c2)c1. The van der Waals surface area contributed by atoms with E-state index in [4.69, 9.17) is 15.9 Å². The first-order valence-electron chi connectivity index (χ1n) is 10.7. The van der Waals surface area contributed by atoms with Crippen molar-refractivity contribution in [1.29, 1.82) is 5.41 Å². The van der Waals surface area contributed by atoms with Gasteiger partial charge in [-0.2, -0.15) is 9.50 Å². The predicted octanol–water partition coefficient (Wildman–Crippen LogP) is 4.22. The van der Waals surface area contributed by atoms with Crippen LogP contribution in [0.5, 0.6) is 5.75 Å². The average molecular weight is 494 g/mol. The zero-order valence-electron chi connectivity index (χ0n) is 19.3. The molecule has 0 aliphatic rings. The summed E-state index contributed by atoms with van der Waals surface area (Å²) >= 11 is 0. The van der Waals surface area contributed by atoms with Gasteiger partial charge in [-0.25, -0.2) is 13.6 Å². The van der Waals surface area contributed by atoms with Crippen LogP contribution >= 0.6 is 0 Å². The number of aryl methyl sites for hydroxylation is 1. The van der Waals surface area contributed by atoms with E-state index in [0.29, 0.717) is 32.5 Å². The Morgan fingerprint density at radius 3 is 2.69 bits per heavy atom. The van der Waals surface area contributed by atoms with Gasteiger partial charge in [0, 0.05) is 27.8 Å². The molecule has 2 heterocycles. The van der Waals surface area contributed by atoms with Gasteiger partial charge in [-0.15, -0.1) is 5.10 Å². The number of nitrogens with zero attached hydrogens (tertiary/aromatic N) is 4. The molecule has 0 radical (unpaired) electrons. The van der Waals surface area contributed by atoms with Crippen LogP contribution in [0.1, 0.15) is 25.1 Å². The predicted molar refractivity (Wildman–Crippen MR) is 133 cm³/mol. The number of anilines is 2. The van der Waals surface area contributed by atoms with E-state index in [1.807, 2.05) is 39.0 Å². The highest BCUT2D eigenvalue weighted by atomic mass is 32.2. The summed E-state index contributed by atoms with van der Waals surface area (Å²) < 4.78 is 35.1. The maximum absolute atomic E-state index is 14.9. The summed E-state index contributed by atoms with van der Waals surface area (Å²) in [6, 6.07) is 11.6. The molecular formula is C24H24FN7O2S. The standard InChI is InChI=1S/C24H24FN7O2S/c1-14(2)34-22-21(16(11-26)12-27)28-13-32-23(22)30-24(31-32)29-20-8-7-18(10-19(20)25)35(33)17-6-4-5-15(3)9-17/h4-14,26H,27H2,1-3H3,(H,29,31). The third kappa shape index (κ3) is 5.04. The number of hydrogen-bond donors (Lipinski definition) is 3. The monoisotopic (exact) mass is 493 g/mol. The van der Waals surface area contributed by atoms with E-state index in [2.05, 4.69) is 20.4 Å². The highest BCUT2D eigenvalue weighted by molar-refractivity contribution is 7.85. The largest absolute Gasteiger partial charge is 0.485 e. The van der Waals surface area contributed by atoms with Gasteiger partial charge in [0.15, 0.2) is 5.75 Å². The van der Waals surface area contributed by atoms with Crippen LogP contribution in [0, 0.1) is 18.2 Å². The molecule has 11 heteroatoms. The van der Waals surface area contributed by atoms with Crippen molar-refractivity contribution in [3.63, 3.8) is 0 Å². The minimum absolute atomic E-state index is 0.108. The van der Waals surface area contributed by atoms with Gasteiger partial charge in [0.1, 0.15) is 17.8 Å². The number of halogens is 1. The number of allylic oxidation sites excluding steroid dienone is 1. The fraction of sp³-hybridized carbons (Fsp3) is 0.167. The molecule has 0 aliphatic heterocycles. The number of rotatable bonds is 8. The maximum Gasteiger partial charge on any atom is 0.247 e. The topological polar surface area (TPSA) is 131 Å². The first-order chi connectivity index (χ1) is 16.8. The van der Waals surface area contributed by atoms with E-state index < -0.39 is 16.6 Å². The van der Waals surface area contributed by atoms with E-state index in [1.165, 1.54) is 29.2 Å². The van der Waals surface area contributed by atoms with Crippen molar-refractivity contribution < 1.29 is 13.3 Å². The van der Waals surface area contributed by atoms with E-state index in [0.717, 1.165) is 11.8 Å². The maximum atomic E-state index is 14.9. The molecule has 2 aromatic carbocycles. The molecule has 0 amide bonds. The molecule has 9 nitrogen and oxygen atoms in total. The van der Waals surface area contributed by atoms with Gasteiger partial charge in [0.2, 0.25) is 11.6 Å². The van der Waals surface area contributed by atoms with Gasteiger partial charge in [-0.3, -0.25) is 0 Å². The van der Waals surface area contributed by atoms with E-state index in [9.17, 15) is 8.60 Å². The van der Waals surface area contributed by atoms with Crippen LogP contribution in [0.2, 0.25) is 0 Å². The second-order valence-electron chi connectivity index (χ2n) is 7.91. The van der Waals surface area contributed by atoms with Gasteiger partial charge >= 0.3 is 0 Å². The van der Waals surface area contributed by atoms with Gasteiger partial charge in [-0.05, 0) is 56.7 Å². The molecule has 0 bridgehead atoms. The van der Waals surface area contributed by atoms with Gasteiger partial charge < -0.3 is 21.2 Å². The second-order valence-corrected chi connectivity index (χ2v) is 9.39. The minimum Gasteiger partial charge on any atom is -0.485 e. The van der Waals surface area contributed by atoms with Crippen molar-refractivity contribution in [1.82, 2.24) is 19.6 Å². The average Bonchev–Trinajstić information content (AvgIpc) is 3.24. The van der Waals surface area contributed by atoms with Crippen LogP contribution in [0.15, 0.2) is 64.8 Å². The summed E-state index contributed by atoms with van der Waals surface area (Å²) in [5.74, 6) is -0.193. The van der Waals surface area contributed by atoms with Crippen molar-refractivity contribution in [2.45, 2.75) is 36.7 Å². The lowest BCUT2D eigenvalue weighted by Gasteiger charge is -2.13. The van der Waals surface area contributed by atoms with Crippen LogP contribution in [0.25, 0.3) is 11.2 Å². The quantitative estimate of drug-likeness (QED) is 0.313. The molecule has 0 spiro atoms. The van der Waals surface area contributed by atoms with Crippen molar-refractivity contribution >= 4 is 39.9 Å². The van der Waals surface area contributed by atoms with E-state index in [1.54, 1.807) is 12.1 Å². The summed E-state index contributed by atoms with van der Waals surface area (Å²) in [6.07, 6.45) is 3.53. The summed E-state index contributed by atoms with van der Waals surface area (Å²) in [5, 5.41) is 14.7. The third-order valence-corrected chi connectivity index (χ3v) is 6.28. The first kappa shape index (κ1) is 24.0. The number of benzene rings is 2. The lowest BCUT2D eigenvalue weighted by molar-refractivity contribution is 0.242. The number of hydrogen-bond acceptors (Lipinski definition) is 8. The molecule has 180 valence electrons. The highest BCUT2D eigenvalue weighted by Gasteiger charge is 2.19. The molecule has 0 saturated carbocycles. The van der Waals surface area contributed by atoms with Gasteiger partial charge in [0.25, 0.3) is 0 Å². The normalized spacial score (nSPS) is 12.7. The van der Waals surface area contributed by atoms with Crippen LogP contribution in [-0.4, -0.2) is 36.1 Å². The lowest BCUT2D eigenvalue weighted by Crippen LogP contribution is -2.11. The fourth-order valence-electron chi connectivity index (χ4n) is 3.33. The van der Waals surface area contributed by atoms with Crippen LogP contribution < -0.4 is 15.8 Å². The Morgan fingerprint density at radius 1 is 1.26 bits per heavy atom. The molecule has 1 atom stereocenters. The molecule has 4 N–H and O–H groups in total. The van der Waals surface area contributed by atoms with Gasteiger partial charge in [0.05, 0.1) is 22.6 Å². The molecule has 35 heavy (non-hydrogen) atoms. The second kappa shape index (κ2) is 10.0. The van der Waals surface area contributed by atoms with Gasteiger partial charge in [-0.1, -0.05) is 12.1 Å². The molecule has 1 unspecified atom stereocenters. The van der Waals surface area contributed by atoms with Crippen LogP contribution in [-0.2, 0) is 10.8 Å². The smallest absolute Gasteiger partial charge is 0.247 e. The fourth-order valence-corrected chi connectivity index (χ4v) is 4.50.